The Balaban J connectivity index is 1.85. The van der Waals surface area contributed by atoms with Crippen molar-refractivity contribution in [1.29, 1.82) is 5.26 Å². The van der Waals surface area contributed by atoms with Crippen LogP contribution in [0.25, 0.3) is 23.0 Å². The van der Waals surface area contributed by atoms with Gasteiger partial charge in [-0.05, 0) is 48.0 Å². The van der Waals surface area contributed by atoms with Crippen molar-refractivity contribution >= 4 is 23.3 Å². The van der Waals surface area contributed by atoms with Crippen LogP contribution in [0.3, 0.4) is 0 Å². The summed E-state index contributed by atoms with van der Waals surface area (Å²) in [5.74, 6) is 0.613. The van der Waals surface area contributed by atoms with Crippen LogP contribution >= 0.6 is 0 Å². The summed E-state index contributed by atoms with van der Waals surface area (Å²) >= 11 is 0. The minimum atomic E-state index is -0.496. The zero-order valence-corrected chi connectivity index (χ0v) is 14.8. The van der Waals surface area contributed by atoms with Crippen molar-refractivity contribution in [3.63, 3.8) is 0 Å². The quantitative estimate of drug-likeness (QED) is 0.277. The van der Waals surface area contributed by atoms with Gasteiger partial charge in [-0.2, -0.15) is 5.26 Å². The largest absolute Gasteiger partial charge is 0.465 e. The Bertz CT molecular complexity index is 1090. The van der Waals surface area contributed by atoms with Crippen LogP contribution in [0.1, 0.15) is 21.7 Å². The van der Waals surface area contributed by atoms with E-state index < -0.39 is 10.9 Å². The highest BCUT2D eigenvalue weighted by Crippen LogP contribution is 2.26. The minimum absolute atomic E-state index is 0.0447. The van der Waals surface area contributed by atoms with Crippen molar-refractivity contribution in [2.45, 2.75) is 0 Å². The number of nitro benzene ring substituents is 1. The summed E-state index contributed by atoms with van der Waals surface area (Å²) in [5, 5.41) is 20.2. The molecule has 0 saturated heterocycles. The third-order valence-corrected chi connectivity index (χ3v) is 4.01. The fourth-order valence-corrected chi connectivity index (χ4v) is 2.56. The summed E-state index contributed by atoms with van der Waals surface area (Å²) in [4.78, 5) is 21.7. The summed E-state index contributed by atoms with van der Waals surface area (Å²) in [7, 11) is 1.32. The number of ether oxygens (including phenoxy) is 1. The molecule has 138 valence electrons. The predicted molar refractivity (Wildman–Crippen MR) is 102 cm³/mol. The maximum absolute atomic E-state index is 11.5. The van der Waals surface area contributed by atoms with Gasteiger partial charge in [-0.25, -0.2) is 4.79 Å². The van der Waals surface area contributed by atoms with E-state index in [4.69, 9.17) is 4.42 Å². The average Bonchev–Trinajstić information content (AvgIpc) is 3.20. The van der Waals surface area contributed by atoms with Crippen molar-refractivity contribution in [3.8, 4) is 17.4 Å². The molecule has 0 bridgehead atoms. The van der Waals surface area contributed by atoms with Crippen LogP contribution in [-0.2, 0) is 4.74 Å². The number of allylic oxidation sites excluding steroid dienone is 1. The maximum atomic E-state index is 11.5. The van der Waals surface area contributed by atoms with Gasteiger partial charge in [0, 0.05) is 17.7 Å². The van der Waals surface area contributed by atoms with Crippen LogP contribution in [0, 0.1) is 21.4 Å². The molecule has 0 aliphatic rings. The number of furan rings is 1. The van der Waals surface area contributed by atoms with E-state index in [0.29, 0.717) is 28.2 Å². The number of carbonyl (C=O) groups is 1. The average molecular weight is 374 g/mol. The molecular weight excluding hydrogens is 360 g/mol. The number of nitrogens with zero attached hydrogens (tertiary/aromatic N) is 2. The normalized spacial score (nSPS) is 10.9. The van der Waals surface area contributed by atoms with Gasteiger partial charge in [0.15, 0.2) is 0 Å². The zero-order valence-electron chi connectivity index (χ0n) is 14.8. The summed E-state index contributed by atoms with van der Waals surface area (Å²) in [5.41, 5.74) is 2.02. The first-order valence-electron chi connectivity index (χ1n) is 8.17. The molecule has 28 heavy (non-hydrogen) atoms. The highest BCUT2D eigenvalue weighted by Gasteiger charge is 2.10. The van der Waals surface area contributed by atoms with Gasteiger partial charge in [-0.1, -0.05) is 12.1 Å². The fraction of sp³-hybridized carbons (Fsp3) is 0.0476. The highest BCUT2D eigenvalue weighted by atomic mass is 16.6. The lowest BCUT2D eigenvalue weighted by Crippen LogP contribution is -2.00. The molecule has 0 aliphatic heterocycles. The maximum Gasteiger partial charge on any atom is 0.337 e. The molecule has 0 spiro atoms. The molecule has 1 aromatic heterocycles. The van der Waals surface area contributed by atoms with Crippen LogP contribution in [0.5, 0.6) is 0 Å². The highest BCUT2D eigenvalue weighted by molar-refractivity contribution is 5.90. The van der Waals surface area contributed by atoms with Gasteiger partial charge >= 0.3 is 5.97 Å². The number of methoxy groups -OCH3 is 1. The second kappa shape index (κ2) is 8.01. The van der Waals surface area contributed by atoms with E-state index in [9.17, 15) is 20.2 Å². The Morgan fingerprint density at radius 3 is 2.29 bits per heavy atom. The molecule has 0 aliphatic carbocycles. The molecule has 0 fully saturated rings. The Morgan fingerprint density at radius 2 is 1.71 bits per heavy atom. The van der Waals surface area contributed by atoms with E-state index in [0.717, 1.165) is 5.56 Å². The first-order valence-corrected chi connectivity index (χ1v) is 8.17. The van der Waals surface area contributed by atoms with Crippen molar-refractivity contribution in [2.24, 2.45) is 0 Å². The second-order valence-electron chi connectivity index (χ2n) is 5.74. The van der Waals surface area contributed by atoms with E-state index in [-0.39, 0.29) is 5.69 Å². The molecular formula is C21H14N2O5. The van der Waals surface area contributed by atoms with E-state index >= 15 is 0 Å². The Hall–Kier alpha value is -4.18. The number of nitro groups is 1. The van der Waals surface area contributed by atoms with Crippen LogP contribution in [0.2, 0.25) is 0 Å². The van der Waals surface area contributed by atoms with Gasteiger partial charge in [0.25, 0.3) is 5.69 Å². The molecule has 7 nitrogen and oxygen atoms in total. The van der Waals surface area contributed by atoms with E-state index in [1.165, 1.54) is 31.4 Å². The van der Waals surface area contributed by atoms with Gasteiger partial charge in [0.05, 0.1) is 29.2 Å². The number of esters is 1. The third kappa shape index (κ3) is 3.97. The molecule has 0 atom stereocenters. The lowest BCUT2D eigenvalue weighted by molar-refractivity contribution is -0.384. The van der Waals surface area contributed by atoms with Crippen LogP contribution in [0.4, 0.5) is 5.69 Å². The van der Waals surface area contributed by atoms with Gasteiger partial charge in [-0.15, -0.1) is 0 Å². The molecule has 0 radical (unpaired) electrons. The summed E-state index contributed by atoms with van der Waals surface area (Å²) in [6.07, 6.45) is 1.56. The SMILES string of the molecule is COC(=O)c1ccc(-c2ccc(/C=C(\C#N)c3ccc([N+](=O)[O-])cc3)o2)cc1. The summed E-state index contributed by atoms with van der Waals surface area (Å²) < 4.78 is 10.4. The summed E-state index contributed by atoms with van der Waals surface area (Å²) in [6, 6.07) is 18.0. The molecule has 1 heterocycles. The van der Waals surface area contributed by atoms with Gasteiger partial charge in [0.1, 0.15) is 11.5 Å². The molecule has 2 aromatic carbocycles. The number of benzene rings is 2. The van der Waals surface area contributed by atoms with Crippen molar-refractivity contribution < 1.29 is 18.9 Å². The number of carbonyl (C=O) groups excluding carboxylic acids is 1. The molecule has 0 amide bonds. The Labute approximate surface area is 160 Å². The monoisotopic (exact) mass is 374 g/mol. The van der Waals surface area contributed by atoms with Gasteiger partial charge in [0.2, 0.25) is 0 Å². The first-order chi connectivity index (χ1) is 13.5. The lowest BCUT2D eigenvalue weighted by Gasteiger charge is -2.01. The molecule has 7 heteroatoms. The Morgan fingerprint density at radius 1 is 1.07 bits per heavy atom. The fourth-order valence-electron chi connectivity index (χ4n) is 2.56. The number of hydrogen-bond acceptors (Lipinski definition) is 6. The van der Waals surface area contributed by atoms with Crippen LogP contribution in [-0.4, -0.2) is 18.0 Å². The number of hydrogen-bond donors (Lipinski definition) is 0. The minimum Gasteiger partial charge on any atom is -0.465 e. The van der Waals surface area contributed by atoms with E-state index in [2.05, 4.69) is 10.8 Å². The molecule has 3 rings (SSSR count). The topological polar surface area (TPSA) is 106 Å². The zero-order chi connectivity index (χ0) is 20.1. The number of nitriles is 1. The third-order valence-electron chi connectivity index (χ3n) is 4.01. The van der Waals surface area contributed by atoms with Crippen molar-refractivity contribution in [1.82, 2.24) is 0 Å². The molecule has 0 N–H and O–H groups in total. The van der Waals surface area contributed by atoms with Gasteiger partial charge in [-0.3, -0.25) is 10.1 Å². The molecule has 3 aromatic rings. The van der Waals surface area contributed by atoms with Crippen LogP contribution in [0.15, 0.2) is 65.1 Å². The smallest absolute Gasteiger partial charge is 0.337 e. The first kappa shape index (κ1) is 18.6. The van der Waals surface area contributed by atoms with Gasteiger partial charge < -0.3 is 9.15 Å². The molecule has 0 saturated carbocycles. The Kier molecular flexibility index (Phi) is 5.33. The standard InChI is InChI=1S/C21H14N2O5/c1-27-21(24)16-4-2-15(3-5-16)20-11-10-19(28-20)12-17(13-22)14-6-8-18(9-7-14)23(25)26/h2-12H,1H3/b17-12+. The van der Waals surface area contributed by atoms with E-state index in [1.807, 2.05) is 0 Å². The second-order valence-corrected chi connectivity index (χ2v) is 5.74. The number of non-ortho nitro benzene ring substituents is 1. The predicted octanol–water partition coefficient (Wildman–Crippen LogP) is 4.71. The lowest BCUT2D eigenvalue weighted by atomic mass is 10.1. The van der Waals surface area contributed by atoms with Crippen molar-refractivity contribution in [3.05, 3.63) is 87.7 Å². The number of rotatable bonds is 5. The molecule has 0 unspecified atom stereocenters. The van der Waals surface area contributed by atoms with E-state index in [1.54, 1.807) is 42.5 Å². The van der Waals surface area contributed by atoms with Crippen molar-refractivity contribution in [2.75, 3.05) is 7.11 Å². The summed E-state index contributed by atoms with van der Waals surface area (Å²) in [6.45, 7) is 0. The van der Waals surface area contributed by atoms with Crippen LogP contribution < -0.4 is 0 Å².